The highest BCUT2D eigenvalue weighted by Crippen LogP contribution is 2.47. The van der Waals surface area contributed by atoms with Crippen molar-refractivity contribution in [2.45, 2.75) is 122 Å². The molecule has 1 unspecified atom stereocenters. The standard InChI is InChI=1S/C44H53F3N6O7S2/c1-9-25-20-43(25,41(56)52-62(57,58)29-13-14-29)51-38(54)33-18-28(21-53(33)40(55)37(42(5,6)7)48-27-12-10-11-26(17-27)44(45,46)47)60-35-19-31(39-50-32(22-61-39)23(2)3)49-36-24(4)34(59-8)16-15-30(35)36/h10-12,15-17,19,22-23,25,28-29,33,37,48H,9,13-14,18,20-21H2,1-8H3,(H,51,54)(H,52,56)/t25?,28-,33+,37-,43-/m1/s1. The van der Waals surface area contributed by atoms with Gasteiger partial charge in [-0.25, -0.2) is 18.4 Å². The van der Waals surface area contributed by atoms with Crippen molar-refractivity contribution in [2.24, 2.45) is 11.3 Å². The number of halogens is 3. The van der Waals surface area contributed by atoms with Gasteiger partial charge < -0.3 is 25.0 Å². The molecule has 13 nitrogen and oxygen atoms in total. The van der Waals surface area contributed by atoms with E-state index in [1.54, 1.807) is 40.0 Å². The number of alkyl halides is 3. The van der Waals surface area contributed by atoms with Crippen LogP contribution in [0.2, 0.25) is 0 Å². The highest BCUT2D eigenvalue weighted by molar-refractivity contribution is 7.91. The van der Waals surface area contributed by atoms with Crippen LogP contribution >= 0.6 is 11.3 Å². The summed E-state index contributed by atoms with van der Waals surface area (Å²) in [6.45, 7) is 13.0. The minimum Gasteiger partial charge on any atom is -0.496 e. The molecule has 3 amide bonds. The second-order valence-electron chi connectivity index (χ2n) is 18.0. The summed E-state index contributed by atoms with van der Waals surface area (Å²) >= 11 is 1.44. The fourth-order valence-corrected chi connectivity index (χ4v) is 10.4. The Labute approximate surface area is 363 Å². The van der Waals surface area contributed by atoms with Crippen LogP contribution in [-0.2, 0) is 30.6 Å². The first-order valence-corrected chi connectivity index (χ1v) is 23.2. The summed E-state index contributed by atoms with van der Waals surface area (Å²) in [5.74, 6) is -1.24. The molecule has 1 aliphatic heterocycles. The molecular formula is C44H53F3N6O7S2. The molecule has 18 heteroatoms. The molecule has 2 aliphatic carbocycles. The second kappa shape index (κ2) is 16.6. The van der Waals surface area contributed by atoms with Crippen molar-refractivity contribution in [3.8, 4) is 22.2 Å². The maximum atomic E-state index is 14.9. The van der Waals surface area contributed by atoms with E-state index in [1.807, 2.05) is 39.1 Å². The molecule has 3 aliphatic rings. The van der Waals surface area contributed by atoms with Crippen LogP contribution in [0.25, 0.3) is 21.6 Å². The van der Waals surface area contributed by atoms with Gasteiger partial charge in [-0.2, -0.15) is 13.2 Å². The number of carbonyl (C=O) groups is 3. The third-order valence-corrected chi connectivity index (χ3v) is 14.7. The van der Waals surface area contributed by atoms with Crippen molar-refractivity contribution in [2.75, 3.05) is 19.0 Å². The lowest BCUT2D eigenvalue weighted by Crippen LogP contribution is -2.58. The number of benzene rings is 2. The predicted molar refractivity (Wildman–Crippen MR) is 230 cm³/mol. The monoisotopic (exact) mass is 898 g/mol. The minimum atomic E-state index is -4.63. The number of nitrogens with one attached hydrogen (secondary N) is 3. The second-order valence-corrected chi connectivity index (χ2v) is 20.8. The van der Waals surface area contributed by atoms with Gasteiger partial charge >= 0.3 is 6.18 Å². The topological polar surface area (TPSA) is 169 Å². The van der Waals surface area contributed by atoms with E-state index >= 15 is 0 Å². The molecule has 0 bridgehead atoms. The molecule has 2 aromatic heterocycles. The van der Waals surface area contributed by atoms with Crippen molar-refractivity contribution in [3.05, 3.63) is 64.7 Å². The zero-order chi connectivity index (χ0) is 45.1. The highest BCUT2D eigenvalue weighted by Gasteiger charge is 2.62. The van der Waals surface area contributed by atoms with Gasteiger partial charge in [-0.15, -0.1) is 11.3 Å². The fourth-order valence-electron chi connectivity index (χ4n) is 8.09. The zero-order valence-electron chi connectivity index (χ0n) is 36.0. The smallest absolute Gasteiger partial charge is 0.416 e. The molecule has 3 N–H and O–H groups in total. The number of thiazole rings is 1. The van der Waals surface area contributed by atoms with Crippen LogP contribution in [0.1, 0.15) is 96.4 Å². The number of hydrogen-bond acceptors (Lipinski definition) is 11. The maximum Gasteiger partial charge on any atom is 0.416 e. The third-order valence-electron chi connectivity index (χ3n) is 12.0. The number of ether oxygens (including phenoxy) is 2. The Morgan fingerprint density at radius 3 is 2.37 bits per heavy atom. The normalized spacial score (nSPS) is 22.1. The van der Waals surface area contributed by atoms with Crippen molar-refractivity contribution in [3.63, 3.8) is 0 Å². The van der Waals surface area contributed by atoms with Crippen LogP contribution in [0.15, 0.2) is 47.8 Å². The van der Waals surface area contributed by atoms with Crippen LogP contribution in [-0.4, -0.2) is 83.6 Å². The van der Waals surface area contributed by atoms with E-state index in [0.29, 0.717) is 52.4 Å². The Hall–Kier alpha value is -4.97. The summed E-state index contributed by atoms with van der Waals surface area (Å²) in [7, 11) is -2.37. The number of pyridine rings is 1. The molecule has 7 rings (SSSR count). The number of aromatic nitrogens is 2. The summed E-state index contributed by atoms with van der Waals surface area (Å²) < 4.78 is 81.6. The van der Waals surface area contributed by atoms with E-state index in [2.05, 4.69) is 15.4 Å². The number of sulfonamides is 1. The lowest BCUT2D eigenvalue weighted by atomic mass is 9.85. The zero-order valence-corrected chi connectivity index (χ0v) is 37.6. The van der Waals surface area contributed by atoms with E-state index < -0.39 is 73.9 Å². The number of amides is 3. The molecule has 0 spiro atoms. The largest absolute Gasteiger partial charge is 0.496 e. The molecule has 3 fully saturated rings. The van der Waals surface area contributed by atoms with E-state index in [-0.39, 0.29) is 36.9 Å². The van der Waals surface area contributed by atoms with E-state index in [1.165, 1.54) is 28.4 Å². The molecule has 3 heterocycles. The van der Waals surface area contributed by atoms with Gasteiger partial charge in [0.1, 0.15) is 45.9 Å². The summed E-state index contributed by atoms with van der Waals surface area (Å²) in [6, 6.07) is 7.60. The van der Waals surface area contributed by atoms with Crippen LogP contribution in [0.5, 0.6) is 11.5 Å². The van der Waals surface area contributed by atoms with Gasteiger partial charge in [0.05, 0.1) is 35.7 Å². The summed E-state index contributed by atoms with van der Waals surface area (Å²) in [5, 5.41) is 8.51. The molecule has 2 aromatic carbocycles. The number of fused-ring (bicyclic) bond motifs is 1. The molecule has 5 atom stereocenters. The first-order valence-electron chi connectivity index (χ1n) is 20.8. The minimum absolute atomic E-state index is 0.0319. The van der Waals surface area contributed by atoms with Crippen molar-refractivity contribution < 1.29 is 45.4 Å². The maximum absolute atomic E-state index is 14.9. The Kier molecular flexibility index (Phi) is 12.1. The number of anilines is 1. The van der Waals surface area contributed by atoms with Gasteiger partial charge in [0.25, 0.3) is 5.91 Å². The van der Waals surface area contributed by atoms with E-state index in [9.17, 15) is 36.0 Å². The van der Waals surface area contributed by atoms with Gasteiger partial charge in [0, 0.05) is 34.5 Å². The average Bonchev–Trinajstić information content (AvgIpc) is 4.09. The predicted octanol–water partition coefficient (Wildman–Crippen LogP) is 7.59. The highest BCUT2D eigenvalue weighted by atomic mass is 32.2. The average molecular weight is 899 g/mol. The van der Waals surface area contributed by atoms with Gasteiger partial charge in [-0.05, 0) is 73.8 Å². The molecule has 0 radical (unpaired) electrons. The first-order chi connectivity index (χ1) is 29.1. The number of methoxy groups -OCH3 is 1. The van der Waals surface area contributed by atoms with Crippen LogP contribution in [0, 0.1) is 18.3 Å². The first kappa shape index (κ1) is 45.1. The Balaban J connectivity index is 1.25. The molecule has 334 valence electrons. The van der Waals surface area contributed by atoms with Crippen molar-refractivity contribution in [1.29, 1.82) is 0 Å². The quantitative estimate of drug-likeness (QED) is 0.115. The number of rotatable bonds is 14. The lowest BCUT2D eigenvalue weighted by molar-refractivity contribution is -0.141. The third kappa shape index (κ3) is 9.08. The van der Waals surface area contributed by atoms with E-state index in [0.717, 1.165) is 23.4 Å². The number of carbonyl (C=O) groups excluding carboxylic acids is 3. The summed E-state index contributed by atoms with van der Waals surface area (Å²) in [6.07, 6.45) is -3.90. The van der Waals surface area contributed by atoms with Gasteiger partial charge in [0.2, 0.25) is 21.8 Å². The summed E-state index contributed by atoms with van der Waals surface area (Å²) in [4.78, 5) is 54.4. The molecule has 4 aromatic rings. The molecule has 1 saturated heterocycles. The Bertz CT molecular complexity index is 2500. The SMILES string of the molecule is CCC1C[C@]1(NC(=O)[C@@H]1C[C@@H](Oc2cc(-c3nc(C(C)C)cs3)nc3c(C)c(OC)ccc23)CN1C(=O)[C@@H](Nc1cccc(C(F)(F)F)c1)C(C)(C)C)C(=O)NS(=O)(=O)C1CC1. The van der Waals surface area contributed by atoms with E-state index in [4.69, 9.17) is 19.4 Å². The number of aryl methyl sites for hydroxylation is 1. The lowest BCUT2D eigenvalue weighted by Gasteiger charge is -2.36. The fraction of sp³-hybridized carbons (Fsp3) is 0.523. The van der Waals surface area contributed by atoms with Gasteiger partial charge in [0.15, 0.2) is 0 Å². The van der Waals surface area contributed by atoms with Gasteiger partial charge in [-0.3, -0.25) is 19.1 Å². The van der Waals surface area contributed by atoms with Crippen LogP contribution in [0.4, 0.5) is 18.9 Å². The van der Waals surface area contributed by atoms with Crippen LogP contribution in [0.3, 0.4) is 0 Å². The number of hydrogen-bond donors (Lipinski definition) is 3. The Morgan fingerprint density at radius 2 is 1.77 bits per heavy atom. The summed E-state index contributed by atoms with van der Waals surface area (Å²) in [5.41, 5.74) is -0.432. The molecular weight excluding hydrogens is 846 g/mol. The molecule has 2 saturated carbocycles. The number of likely N-dealkylation sites (tertiary alicyclic amines) is 1. The van der Waals surface area contributed by atoms with Crippen LogP contribution < -0.4 is 24.8 Å². The van der Waals surface area contributed by atoms with Gasteiger partial charge in [-0.1, -0.05) is 54.0 Å². The number of nitrogens with zero attached hydrogens (tertiary/aromatic N) is 3. The molecule has 62 heavy (non-hydrogen) atoms. The Morgan fingerprint density at radius 1 is 1.05 bits per heavy atom. The van der Waals surface area contributed by atoms with Crippen molar-refractivity contribution in [1.82, 2.24) is 24.9 Å². The van der Waals surface area contributed by atoms with Crippen molar-refractivity contribution >= 4 is 55.7 Å².